The van der Waals surface area contributed by atoms with E-state index in [1.165, 1.54) is 23.9 Å². The molecule has 0 aliphatic carbocycles. The number of benzene rings is 1. The Balaban J connectivity index is 2.17. The summed E-state index contributed by atoms with van der Waals surface area (Å²) in [4.78, 5) is 3.91. The number of nitrogens with one attached hydrogen (secondary N) is 1. The van der Waals surface area contributed by atoms with Crippen molar-refractivity contribution in [1.29, 1.82) is 0 Å². The highest BCUT2D eigenvalue weighted by Crippen LogP contribution is 2.17. The quantitative estimate of drug-likeness (QED) is 0.887. The molecular formula is C15H19N3O2S. The summed E-state index contributed by atoms with van der Waals surface area (Å²) in [6.07, 6.45) is 2.21. The molecule has 0 aliphatic heterocycles. The molecule has 0 amide bonds. The molecule has 0 saturated carbocycles. The normalized spacial score (nSPS) is 13.0. The van der Waals surface area contributed by atoms with E-state index in [1.807, 2.05) is 31.2 Å². The molecule has 0 radical (unpaired) electrons. The fourth-order valence-electron chi connectivity index (χ4n) is 1.96. The van der Waals surface area contributed by atoms with Crippen LogP contribution in [0.15, 0.2) is 47.5 Å². The van der Waals surface area contributed by atoms with E-state index >= 15 is 0 Å². The van der Waals surface area contributed by atoms with Crippen molar-refractivity contribution < 1.29 is 8.42 Å². The SMILES string of the molecule is CCc1ccc(C(C)NS(=O)(=O)c2ccc(N)nc2)cc1. The highest BCUT2D eigenvalue weighted by molar-refractivity contribution is 7.89. The van der Waals surface area contributed by atoms with E-state index in [-0.39, 0.29) is 16.8 Å². The zero-order valence-corrected chi connectivity index (χ0v) is 12.9. The van der Waals surface area contributed by atoms with Crippen molar-refractivity contribution in [1.82, 2.24) is 9.71 Å². The molecule has 0 bridgehead atoms. The lowest BCUT2D eigenvalue weighted by atomic mass is 10.1. The maximum atomic E-state index is 12.3. The topological polar surface area (TPSA) is 85.1 Å². The molecule has 2 aromatic rings. The van der Waals surface area contributed by atoms with Gasteiger partial charge in [-0.1, -0.05) is 31.2 Å². The van der Waals surface area contributed by atoms with Crippen LogP contribution in [-0.2, 0) is 16.4 Å². The first-order valence-electron chi connectivity index (χ1n) is 6.75. The summed E-state index contributed by atoms with van der Waals surface area (Å²) in [5.74, 6) is 0.289. The number of aryl methyl sites for hydroxylation is 1. The van der Waals surface area contributed by atoms with Crippen LogP contribution in [0, 0.1) is 0 Å². The average molecular weight is 305 g/mol. The molecule has 1 heterocycles. The van der Waals surface area contributed by atoms with Crippen molar-refractivity contribution in [3.05, 3.63) is 53.7 Å². The zero-order chi connectivity index (χ0) is 15.5. The molecule has 1 aromatic carbocycles. The van der Waals surface area contributed by atoms with Gasteiger partial charge in [0.15, 0.2) is 0 Å². The fraction of sp³-hybridized carbons (Fsp3) is 0.267. The van der Waals surface area contributed by atoms with E-state index in [4.69, 9.17) is 5.73 Å². The molecule has 112 valence electrons. The third kappa shape index (κ3) is 3.80. The van der Waals surface area contributed by atoms with Gasteiger partial charge < -0.3 is 5.73 Å². The van der Waals surface area contributed by atoms with Crippen LogP contribution >= 0.6 is 0 Å². The van der Waals surface area contributed by atoms with Gasteiger partial charge in [0, 0.05) is 12.2 Å². The number of nitrogen functional groups attached to an aromatic ring is 1. The van der Waals surface area contributed by atoms with E-state index in [0.717, 1.165) is 12.0 Å². The molecule has 1 unspecified atom stereocenters. The lowest BCUT2D eigenvalue weighted by molar-refractivity contribution is 0.566. The monoisotopic (exact) mass is 305 g/mol. The summed E-state index contributed by atoms with van der Waals surface area (Å²) >= 11 is 0. The predicted octanol–water partition coefficient (Wildman–Crippen LogP) is 2.27. The number of aromatic nitrogens is 1. The molecule has 3 N–H and O–H groups in total. The number of pyridine rings is 1. The molecule has 0 saturated heterocycles. The summed E-state index contributed by atoms with van der Waals surface area (Å²) < 4.78 is 27.2. The summed E-state index contributed by atoms with van der Waals surface area (Å²) in [6, 6.07) is 10.5. The van der Waals surface area contributed by atoms with Crippen molar-refractivity contribution in [2.75, 3.05) is 5.73 Å². The summed E-state index contributed by atoms with van der Waals surface area (Å²) in [6.45, 7) is 3.89. The van der Waals surface area contributed by atoms with E-state index < -0.39 is 10.0 Å². The number of anilines is 1. The first-order chi connectivity index (χ1) is 9.92. The van der Waals surface area contributed by atoms with Crippen LogP contribution in [0.1, 0.15) is 31.0 Å². The summed E-state index contributed by atoms with van der Waals surface area (Å²) in [5, 5.41) is 0. The largest absolute Gasteiger partial charge is 0.384 e. The Morgan fingerprint density at radius 3 is 2.38 bits per heavy atom. The third-order valence-electron chi connectivity index (χ3n) is 3.29. The molecule has 1 aromatic heterocycles. The number of sulfonamides is 1. The number of nitrogens with zero attached hydrogens (tertiary/aromatic N) is 1. The van der Waals surface area contributed by atoms with E-state index in [0.29, 0.717) is 0 Å². The molecular weight excluding hydrogens is 286 g/mol. The van der Waals surface area contributed by atoms with Crippen molar-refractivity contribution in [3.63, 3.8) is 0 Å². The Hall–Kier alpha value is -1.92. The molecule has 0 spiro atoms. The Morgan fingerprint density at radius 1 is 1.19 bits per heavy atom. The second-order valence-corrected chi connectivity index (χ2v) is 6.57. The molecule has 0 aliphatic rings. The van der Waals surface area contributed by atoms with Crippen molar-refractivity contribution in [3.8, 4) is 0 Å². The highest BCUT2D eigenvalue weighted by atomic mass is 32.2. The molecule has 6 heteroatoms. The van der Waals surface area contributed by atoms with Crippen LogP contribution in [0.2, 0.25) is 0 Å². The average Bonchev–Trinajstić information content (AvgIpc) is 2.47. The minimum atomic E-state index is -3.61. The molecule has 2 rings (SSSR count). The maximum absolute atomic E-state index is 12.3. The van der Waals surface area contributed by atoms with Gasteiger partial charge in [-0.3, -0.25) is 0 Å². The van der Waals surface area contributed by atoms with Gasteiger partial charge in [0.25, 0.3) is 0 Å². The van der Waals surface area contributed by atoms with Crippen molar-refractivity contribution in [2.24, 2.45) is 0 Å². The molecule has 5 nitrogen and oxygen atoms in total. The second-order valence-electron chi connectivity index (χ2n) is 4.86. The first-order valence-corrected chi connectivity index (χ1v) is 8.23. The molecule has 1 atom stereocenters. The minimum Gasteiger partial charge on any atom is -0.384 e. The van der Waals surface area contributed by atoms with Gasteiger partial charge in [-0.25, -0.2) is 18.1 Å². The summed E-state index contributed by atoms with van der Waals surface area (Å²) in [5.41, 5.74) is 7.60. The summed E-state index contributed by atoms with van der Waals surface area (Å²) in [7, 11) is -3.61. The Labute approximate surface area is 125 Å². The van der Waals surface area contributed by atoms with Crippen LogP contribution in [0.3, 0.4) is 0 Å². The highest BCUT2D eigenvalue weighted by Gasteiger charge is 2.18. The van der Waals surface area contributed by atoms with Crippen LogP contribution in [0.5, 0.6) is 0 Å². The van der Waals surface area contributed by atoms with Gasteiger partial charge >= 0.3 is 0 Å². The van der Waals surface area contributed by atoms with Gasteiger partial charge in [-0.05, 0) is 36.6 Å². The van der Waals surface area contributed by atoms with Gasteiger partial charge in [0.05, 0.1) is 0 Å². The van der Waals surface area contributed by atoms with Crippen LogP contribution in [0.25, 0.3) is 0 Å². The van der Waals surface area contributed by atoms with Crippen molar-refractivity contribution in [2.45, 2.75) is 31.2 Å². The lowest BCUT2D eigenvalue weighted by Crippen LogP contribution is -2.27. The maximum Gasteiger partial charge on any atom is 0.242 e. The predicted molar refractivity (Wildman–Crippen MR) is 83.2 cm³/mol. The third-order valence-corrected chi connectivity index (χ3v) is 4.82. The molecule has 21 heavy (non-hydrogen) atoms. The van der Waals surface area contributed by atoms with E-state index in [1.54, 1.807) is 0 Å². The van der Waals surface area contributed by atoms with Gasteiger partial charge in [-0.2, -0.15) is 0 Å². The minimum absolute atomic E-state index is 0.105. The number of rotatable bonds is 5. The first kappa shape index (κ1) is 15.5. The van der Waals surface area contributed by atoms with Crippen molar-refractivity contribution >= 4 is 15.8 Å². The van der Waals surface area contributed by atoms with Crippen LogP contribution < -0.4 is 10.5 Å². The van der Waals surface area contributed by atoms with E-state index in [9.17, 15) is 8.42 Å². The Morgan fingerprint density at radius 2 is 1.86 bits per heavy atom. The van der Waals surface area contributed by atoms with E-state index in [2.05, 4.69) is 16.6 Å². The Bertz CT molecular complexity index is 695. The fourth-order valence-corrected chi connectivity index (χ4v) is 3.14. The molecule has 0 fully saturated rings. The number of hydrogen-bond donors (Lipinski definition) is 2. The smallest absolute Gasteiger partial charge is 0.242 e. The van der Waals surface area contributed by atoms with Crippen LogP contribution in [-0.4, -0.2) is 13.4 Å². The standard InChI is InChI=1S/C15H19N3O2S/c1-3-12-4-6-13(7-5-12)11(2)18-21(19,20)14-8-9-15(16)17-10-14/h4-11,18H,3H2,1-2H3,(H2,16,17). The Kier molecular flexibility index (Phi) is 4.59. The number of nitrogens with two attached hydrogens (primary N) is 1. The van der Waals surface area contributed by atoms with Gasteiger partial charge in [0.2, 0.25) is 10.0 Å². The zero-order valence-electron chi connectivity index (χ0n) is 12.1. The van der Waals surface area contributed by atoms with Gasteiger partial charge in [-0.15, -0.1) is 0 Å². The second kappa shape index (κ2) is 6.24. The lowest BCUT2D eigenvalue weighted by Gasteiger charge is -2.15. The van der Waals surface area contributed by atoms with Gasteiger partial charge in [0.1, 0.15) is 10.7 Å². The number of hydrogen-bond acceptors (Lipinski definition) is 4. The van der Waals surface area contributed by atoms with Crippen LogP contribution in [0.4, 0.5) is 5.82 Å².